The lowest BCUT2D eigenvalue weighted by Crippen LogP contribution is -2.47. The van der Waals surface area contributed by atoms with Gasteiger partial charge in [-0.15, -0.1) is 10.2 Å². The third-order valence-electron chi connectivity index (χ3n) is 5.72. The van der Waals surface area contributed by atoms with E-state index in [1.165, 1.54) is 0 Å². The number of fused-ring (bicyclic) bond motifs is 1. The summed E-state index contributed by atoms with van der Waals surface area (Å²) in [5, 5.41) is 8.30. The Morgan fingerprint density at radius 1 is 1.11 bits per heavy atom. The van der Waals surface area contributed by atoms with Crippen LogP contribution in [0.3, 0.4) is 0 Å². The van der Waals surface area contributed by atoms with Gasteiger partial charge in [-0.1, -0.05) is 0 Å². The molecular weight excluding hydrogens is 374 g/mol. The van der Waals surface area contributed by atoms with Gasteiger partial charge in [-0.3, -0.25) is 0 Å². The van der Waals surface area contributed by atoms with Crippen LogP contribution in [0.1, 0.15) is 24.1 Å². The number of piperidine rings is 1. The Balaban J connectivity index is 1.62. The number of halogens is 4. The maximum Gasteiger partial charge on any atom is 0.416 e. The van der Waals surface area contributed by atoms with Crippen molar-refractivity contribution >= 4 is 5.95 Å². The first-order valence-electron chi connectivity index (χ1n) is 9.27. The van der Waals surface area contributed by atoms with Crippen molar-refractivity contribution in [2.24, 2.45) is 5.92 Å². The summed E-state index contributed by atoms with van der Waals surface area (Å²) in [5.41, 5.74) is -0.468. The molecule has 0 N–H and O–H groups in total. The van der Waals surface area contributed by atoms with E-state index >= 15 is 0 Å². The smallest absolute Gasteiger partial charge is 0.335 e. The zero-order valence-electron chi connectivity index (χ0n) is 15.7. The largest absolute Gasteiger partial charge is 0.416 e. The molecule has 150 valence electrons. The quantitative estimate of drug-likeness (QED) is 0.728. The molecule has 1 aromatic carbocycles. The number of aryl methyl sites for hydroxylation is 1. The van der Waals surface area contributed by atoms with Gasteiger partial charge in [0.2, 0.25) is 5.95 Å². The molecule has 2 aromatic rings. The van der Waals surface area contributed by atoms with Crippen molar-refractivity contribution in [2.45, 2.75) is 32.0 Å². The molecular formula is C19H21F4N5. The number of likely N-dealkylation sites (N-methyl/N-ethyl adjacent to an activating group) is 1. The summed E-state index contributed by atoms with van der Waals surface area (Å²) in [6.45, 7) is 4.53. The summed E-state index contributed by atoms with van der Waals surface area (Å²) in [5.74, 6) is 0.112. The molecule has 0 spiro atoms. The first-order valence-corrected chi connectivity index (χ1v) is 9.27. The molecule has 4 rings (SSSR count). The van der Waals surface area contributed by atoms with Crippen LogP contribution < -0.4 is 4.90 Å². The van der Waals surface area contributed by atoms with Crippen molar-refractivity contribution in [2.75, 3.05) is 31.6 Å². The Labute approximate surface area is 160 Å². The third kappa shape index (κ3) is 3.43. The fraction of sp³-hybridized carbons (Fsp3) is 0.526. The van der Waals surface area contributed by atoms with E-state index in [0.29, 0.717) is 29.7 Å². The van der Waals surface area contributed by atoms with Crippen molar-refractivity contribution in [3.8, 4) is 11.3 Å². The van der Waals surface area contributed by atoms with Gasteiger partial charge in [0.05, 0.1) is 11.3 Å². The second-order valence-electron chi connectivity index (χ2n) is 7.60. The standard InChI is InChI=1S/C19H21F4N5/c1-11-17(14-4-3-13(9-15(14)20)19(21,22)23)25-26-18(24-11)28-8-6-12-5-7-27(2)10-16(12)28/h3-4,9,12,16H,5-8,10H2,1-2H3/t12-,16-/m0/s1. The van der Waals surface area contributed by atoms with Crippen LogP contribution in [-0.4, -0.2) is 52.8 Å². The Bertz CT molecular complexity index is 885. The molecule has 0 amide bonds. The monoisotopic (exact) mass is 395 g/mol. The van der Waals surface area contributed by atoms with E-state index < -0.39 is 17.6 Å². The highest BCUT2D eigenvalue weighted by Crippen LogP contribution is 2.35. The summed E-state index contributed by atoms with van der Waals surface area (Å²) < 4.78 is 52.6. The molecule has 0 radical (unpaired) electrons. The number of anilines is 1. The Kier molecular flexibility index (Phi) is 4.73. The summed E-state index contributed by atoms with van der Waals surface area (Å²) in [7, 11) is 2.09. The third-order valence-corrected chi connectivity index (χ3v) is 5.72. The number of likely N-dealkylation sites (tertiary alicyclic amines) is 1. The molecule has 9 heteroatoms. The second-order valence-corrected chi connectivity index (χ2v) is 7.60. The van der Waals surface area contributed by atoms with Crippen molar-refractivity contribution < 1.29 is 17.6 Å². The van der Waals surface area contributed by atoms with Crippen molar-refractivity contribution in [1.29, 1.82) is 0 Å². The van der Waals surface area contributed by atoms with Gasteiger partial charge in [-0.25, -0.2) is 9.37 Å². The number of nitrogens with zero attached hydrogens (tertiary/aromatic N) is 5. The lowest BCUT2D eigenvalue weighted by atomic mass is 9.92. The number of alkyl halides is 3. The number of rotatable bonds is 2. The molecule has 0 bridgehead atoms. The van der Waals surface area contributed by atoms with Crippen LogP contribution in [0.25, 0.3) is 11.3 Å². The van der Waals surface area contributed by atoms with Crippen LogP contribution in [0.4, 0.5) is 23.5 Å². The predicted molar refractivity (Wildman–Crippen MR) is 96.3 cm³/mol. The van der Waals surface area contributed by atoms with Gasteiger partial charge in [0, 0.05) is 24.7 Å². The molecule has 2 aliphatic rings. The fourth-order valence-corrected chi connectivity index (χ4v) is 4.19. The van der Waals surface area contributed by atoms with Gasteiger partial charge < -0.3 is 9.80 Å². The van der Waals surface area contributed by atoms with Crippen LogP contribution in [0.2, 0.25) is 0 Å². The average Bonchev–Trinajstić information content (AvgIpc) is 3.04. The Morgan fingerprint density at radius 3 is 2.54 bits per heavy atom. The first kappa shape index (κ1) is 19.0. The molecule has 1 aromatic heterocycles. The average molecular weight is 395 g/mol. The molecule has 28 heavy (non-hydrogen) atoms. The Morgan fingerprint density at radius 2 is 1.86 bits per heavy atom. The minimum atomic E-state index is -4.60. The summed E-state index contributed by atoms with van der Waals surface area (Å²) in [4.78, 5) is 8.93. The van der Waals surface area contributed by atoms with Gasteiger partial charge in [0.25, 0.3) is 0 Å². The molecule has 2 aliphatic heterocycles. The number of benzene rings is 1. The lowest BCUT2D eigenvalue weighted by molar-refractivity contribution is -0.137. The van der Waals surface area contributed by atoms with E-state index in [-0.39, 0.29) is 11.3 Å². The zero-order chi connectivity index (χ0) is 20.1. The van der Waals surface area contributed by atoms with Gasteiger partial charge in [0.15, 0.2) is 0 Å². The predicted octanol–water partition coefficient (Wildman–Crippen LogP) is 3.54. The van der Waals surface area contributed by atoms with Crippen molar-refractivity contribution in [1.82, 2.24) is 20.1 Å². The van der Waals surface area contributed by atoms with E-state index in [2.05, 4.69) is 32.0 Å². The van der Waals surface area contributed by atoms with E-state index in [1.54, 1.807) is 6.92 Å². The highest BCUT2D eigenvalue weighted by atomic mass is 19.4. The lowest BCUT2D eigenvalue weighted by Gasteiger charge is -2.36. The van der Waals surface area contributed by atoms with Crippen molar-refractivity contribution in [3.05, 3.63) is 35.3 Å². The van der Waals surface area contributed by atoms with E-state index in [9.17, 15) is 17.6 Å². The number of hydrogen-bond acceptors (Lipinski definition) is 5. The molecule has 2 atom stereocenters. The minimum Gasteiger partial charge on any atom is -0.335 e. The summed E-state index contributed by atoms with van der Waals surface area (Å²) >= 11 is 0. The van der Waals surface area contributed by atoms with E-state index in [1.807, 2.05) is 0 Å². The number of hydrogen-bond donors (Lipinski definition) is 0. The van der Waals surface area contributed by atoms with Gasteiger partial charge in [-0.05, 0) is 57.5 Å². The molecule has 2 fully saturated rings. The maximum atomic E-state index is 14.3. The van der Waals surface area contributed by atoms with Crippen LogP contribution in [0.15, 0.2) is 18.2 Å². The van der Waals surface area contributed by atoms with Gasteiger partial charge in [-0.2, -0.15) is 13.2 Å². The molecule has 5 nitrogen and oxygen atoms in total. The highest BCUT2D eigenvalue weighted by Gasteiger charge is 2.39. The second kappa shape index (κ2) is 6.95. The fourth-order valence-electron chi connectivity index (χ4n) is 4.19. The van der Waals surface area contributed by atoms with Gasteiger partial charge in [0.1, 0.15) is 11.5 Å². The molecule has 0 unspecified atom stereocenters. The summed E-state index contributed by atoms with van der Waals surface area (Å²) in [6.07, 6.45) is -2.38. The van der Waals surface area contributed by atoms with Crippen LogP contribution >= 0.6 is 0 Å². The van der Waals surface area contributed by atoms with Crippen LogP contribution in [0.5, 0.6) is 0 Å². The normalized spacial score (nSPS) is 23.1. The van der Waals surface area contributed by atoms with Crippen LogP contribution in [0, 0.1) is 18.7 Å². The topological polar surface area (TPSA) is 45.2 Å². The van der Waals surface area contributed by atoms with E-state index in [0.717, 1.165) is 44.6 Å². The minimum absolute atomic E-state index is 0.0336. The van der Waals surface area contributed by atoms with Gasteiger partial charge >= 0.3 is 6.18 Å². The van der Waals surface area contributed by atoms with E-state index in [4.69, 9.17) is 0 Å². The molecule has 3 heterocycles. The first-order chi connectivity index (χ1) is 13.2. The Hall–Kier alpha value is -2.29. The van der Waals surface area contributed by atoms with Crippen molar-refractivity contribution in [3.63, 3.8) is 0 Å². The molecule has 2 saturated heterocycles. The highest BCUT2D eigenvalue weighted by molar-refractivity contribution is 5.63. The zero-order valence-corrected chi connectivity index (χ0v) is 15.7. The molecule has 0 aliphatic carbocycles. The maximum absolute atomic E-state index is 14.3. The molecule has 0 saturated carbocycles. The summed E-state index contributed by atoms with van der Waals surface area (Å²) in [6, 6.07) is 2.73. The van der Waals surface area contributed by atoms with Crippen LogP contribution in [-0.2, 0) is 6.18 Å². The SMILES string of the molecule is Cc1nc(N2CC[C@@H]3CCN(C)C[C@@H]32)nnc1-c1ccc(C(F)(F)F)cc1F. The number of aromatic nitrogens is 3.